The maximum absolute atomic E-state index is 12.8. The van der Waals surface area contributed by atoms with E-state index in [0.717, 1.165) is 0 Å². The molecular formula is C17H20FN2O4S+. The summed E-state index contributed by atoms with van der Waals surface area (Å²) < 4.78 is 41.7. The molecule has 1 unspecified atom stereocenters. The van der Waals surface area contributed by atoms with Gasteiger partial charge in [-0.05, 0) is 36.4 Å². The number of anilines is 1. The Morgan fingerprint density at radius 2 is 1.76 bits per heavy atom. The van der Waals surface area contributed by atoms with Gasteiger partial charge in [0.25, 0.3) is 5.91 Å². The summed E-state index contributed by atoms with van der Waals surface area (Å²) in [6, 6.07) is 13.7. The third-order valence-corrected chi connectivity index (χ3v) is 4.49. The fourth-order valence-electron chi connectivity index (χ4n) is 2.06. The molecule has 1 atom stereocenters. The lowest BCUT2D eigenvalue weighted by atomic mass is 10.3. The van der Waals surface area contributed by atoms with Crippen molar-refractivity contribution in [1.82, 2.24) is 0 Å². The van der Waals surface area contributed by atoms with E-state index in [4.69, 9.17) is 4.18 Å². The van der Waals surface area contributed by atoms with Gasteiger partial charge in [0.15, 0.2) is 6.54 Å². The van der Waals surface area contributed by atoms with Crippen LogP contribution in [0.5, 0.6) is 5.75 Å². The fourth-order valence-corrected chi connectivity index (χ4v) is 3.15. The van der Waals surface area contributed by atoms with Gasteiger partial charge in [0.2, 0.25) is 0 Å². The van der Waals surface area contributed by atoms with Crippen LogP contribution in [0, 0.1) is 5.82 Å². The molecule has 0 aliphatic rings. The Labute approximate surface area is 146 Å². The van der Waals surface area contributed by atoms with Gasteiger partial charge in [-0.1, -0.05) is 18.2 Å². The van der Waals surface area contributed by atoms with Crippen molar-refractivity contribution in [3.05, 3.63) is 60.4 Å². The van der Waals surface area contributed by atoms with Gasteiger partial charge in [0, 0.05) is 5.69 Å². The zero-order valence-electron chi connectivity index (χ0n) is 13.7. The Hall–Kier alpha value is -2.45. The van der Waals surface area contributed by atoms with Crippen LogP contribution in [0.4, 0.5) is 10.1 Å². The van der Waals surface area contributed by atoms with Crippen molar-refractivity contribution >= 4 is 21.7 Å². The highest BCUT2D eigenvalue weighted by atomic mass is 32.2. The summed E-state index contributed by atoms with van der Waals surface area (Å²) in [4.78, 5) is 12.6. The van der Waals surface area contributed by atoms with Gasteiger partial charge in [-0.15, -0.1) is 0 Å². The van der Waals surface area contributed by atoms with Crippen LogP contribution in [0.2, 0.25) is 0 Å². The number of carbonyl (C=O) groups excluding carboxylic acids is 1. The third-order valence-electron chi connectivity index (χ3n) is 3.34. The molecule has 2 aromatic rings. The lowest BCUT2D eigenvalue weighted by Gasteiger charge is -2.14. The molecule has 0 spiro atoms. The second-order valence-electron chi connectivity index (χ2n) is 5.60. The van der Waals surface area contributed by atoms with Gasteiger partial charge in [0.05, 0.1) is 13.6 Å². The van der Waals surface area contributed by atoms with E-state index in [9.17, 15) is 17.6 Å². The zero-order valence-corrected chi connectivity index (χ0v) is 14.6. The van der Waals surface area contributed by atoms with Crippen LogP contribution in [0.25, 0.3) is 0 Å². The first-order valence-electron chi connectivity index (χ1n) is 7.68. The molecule has 0 heterocycles. The highest BCUT2D eigenvalue weighted by Gasteiger charge is 2.18. The van der Waals surface area contributed by atoms with Crippen molar-refractivity contribution in [3.8, 4) is 5.75 Å². The molecule has 0 aliphatic heterocycles. The van der Waals surface area contributed by atoms with Gasteiger partial charge in [-0.3, -0.25) is 4.79 Å². The van der Waals surface area contributed by atoms with E-state index in [2.05, 4.69) is 5.32 Å². The van der Waals surface area contributed by atoms with E-state index >= 15 is 0 Å². The molecule has 6 nitrogen and oxygen atoms in total. The molecule has 2 N–H and O–H groups in total. The number of nitrogens with one attached hydrogen (secondary N) is 2. The molecule has 8 heteroatoms. The maximum Gasteiger partial charge on any atom is 0.314 e. The summed E-state index contributed by atoms with van der Waals surface area (Å²) in [6.07, 6.45) is 0. The smallest absolute Gasteiger partial charge is 0.314 e. The number of para-hydroxylation sites is 1. The standard InChI is InChI=1S/C17H19FN2O4S/c1-20(13-17(21)19-15-9-7-14(18)8-10-15)11-12-25(22,23)24-16-5-3-2-4-6-16/h2-10H,11-13H2,1H3,(H,19,21)/p+1. The maximum atomic E-state index is 12.8. The first-order valence-corrected chi connectivity index (χ1v) is 9.26. The van der Waals surface area contributed by atoms with Crippen molar-refractivity contribution in [2.24, 2.45) is 0 Å². The van der Waals surface area contributed by atoms with Crippen molar-refractivity contribution in [2.45, 2.75) is 0 Å². The second kappa shape index (κ2) is 8.59. The van der Waals surface area contributed by atoms with Gasteiger partial charge in [-0.25, -0.2) is 4.39 Å². The quantitative estimate of drug-likeness (QED) is 0.673. The molecule has 0 bridgehead atoms. The Kier molecular flexibility index (Phi) is 6.49. The predicted octanol–water partition coefficient (Wildman–Crippen LogP) is 0.688. The van der Waals surface area contributed by atoms with Gasteiger partial charge in [-0.2, -0.15) is 8.42 Å². The lowest BCUT2D eigenvalue weighted by molar-refractivity contribution is -0.868. The molecule has 0 saturated heterocycles. The van der Waals surface area contributed by atoms with Gasteiger partial charge >= 0.3 is 10.1 Å². The summed E-state index contributed by atoms with van der Waals surface area (Å²) in [5.74, 6) is -0.624. The average Bonchev–Trinajstić information content (AvgIpc) is 2.56. The minimum absolute atomic E-state index is 0.0816. The molecule has 0 aromatic heterocycles. The van der Waals surface area contributed by atoms with Crippen LogP contribution >= 0.6 is 0 Å². The normalized spacial score (nSPS) is 12.4. The molecule has 0 aliphatic carbocycles. The van der Waals surface area contributed by atoms with Crippen LogP contribution in [0.15, 0.2) is 54.6 Å². The van der Waals surface area contributed by atoms with E-state index in [-0.39, 0.29) is 36.3 Å². The minimum atomic E-state index is -3.72. The molecule has 0 radical (unpaired) electrons. The second-order valence-corrected chi connectivity index (χ2v) is 7.29. The highest BCUT2D eigenvalue weighted by molar-refractivity contribution is 7.87. The number of hydrogen-bond acceptors (Lipinski definition) is 4. The number of rotatable bonds is 8. The number of benzene rings is 2. The highest BCUT2D eigenvalue weighted by Crippen LogP contribution is 2.11. The number of halogens is 1. The van der Waals surface area contributed by atoms with E-state index in [0.29, 0.717) is 10.6 Å². The van der Waals surface area contributed by atoms with Crippen LogP contribution in [0.1, 0.15) is 0 Å². The summed E-state index contributed by atoms with van der Waals surface area (Å²) in [7, 11) is -2.01. The number of quaternary nitrogens is 1. The fraction of sp³-hybridized carbons (Fsp3) is 0.235. The number of amides is 1. The first-order chi connectivity index (χ1) is 11.8. The van der Waals surface area contributed by atoms with E-state index in [1.165, 1.54) is 24.3 Å². The molecule has 25 heavy (non-hydrogen) atoms. The van der Waals surface area contributed by atoms with Crippen molar-refractivity contribution in [1.29, 1.82) is 0 Å². The topological polar surface area (TPSA) is 76.9 Å². The number of carbonyl (C=O) groups is 1. The van der Waals surface area contributed by atoms with Gasteiger partial charge < -0.3 is 14.4 Å². The third kappa shape index (κ3) is 6.90. The first kappa shape index (κ1) is 18.9. The van der Waals surface area contributed by atoms with E-state index in [1.807, 2.05) is 0 Å². The Balaban J connectivity index is 1.78. The van der Waals surface area contributed by atoms with Crippen LogP contribution in [-0.2, 0) is 14.9 Å². The lowest BCUT2D eigenvalue weighted by Crippen LogP contribution is -3.10. The average molecular weight is 367 g/mol. The SMILES string of the molecule is C[NH+](CCS(=O)(=O)Oc1ccccc1)CC(=O)Nc1ccc(F)cc1. The Bertz CT molecular complexity index is 795. The van der Waals surface area contributed by atoms with Crippen LogP contribution < -0.4 is 14.4 Å². The van der Waals surface area contributed by atoms with Crippen molar-refractivity contribution in [3.63, 3.8) is 0 Å². The minimum Gasteiger partial charge on any atom is -0.382 e. The van der Waals surface area contributed by atoms with Crippen LogP contribution in [0.3, 0.4) is 0 Å². The molecule has 0 saturated carbocycles. The summed E-state index contributed by atoms with van der Waals surface area (Å²) >= 11 is 0. The number of likely N-dealkylation sites (N-methyl/N-ethyl adjacent to an activating group) is 1. The molecule has 2 rings (SSSR count). The summed E-state index contributed by atoms with van der Waals surface area (Å²) in [5.41, 5.74) is 0.485. The van der Waals surface area contributed by atoms with Crippen LogP contribution in [-0.4, -0.2) is 40.2 Å². The Morgan fingerprint density at radius 3 is 2.40 bits per heavy atom. The van der Waals surface area contributed by atoms with E-state index in [1.54, 1.807) is 37.4 Å². The van der Waals surface area contributed by atoms with Crippen molar-refractivity contribution < 1.29 is 26.7 Å². The van der Waals surface area contributed by atoms with Gasteiger partial charge in [0.1, 0.15) is 17.3 Å². The van der Waals surface area contributed by atoms with Crippen molar-refractivity contribution in [2.75, 3.05) is 31.2 Å². The molecule has 1 amide bonds. The molecular weight excluding hydrogens is 347 g/mol. The molecule has 0 fully saturated rings. The summed E-state index contributed by atoms with van der Waals surface area (Å²) in [5, 5.41) is 2.63. The molecule has 134 valence electrons. The molecule has 2 aromatic carbocycles. The zero-order chi connectivity index (χ0) is 18.3. The van der Waals surface area contributed by atoms with E-state index < -0.39 is 10.1 Å². The monoisotopic (exact) mass is 367 g/mol. The Morgan fingerprint density at radius 1 is 1.12 bits per heavy atom. The number of hydrogen-bond donors (Lipinski definition) is 2. The predicted molar refractivity (Wildman–Crippen MR) is 92.5 cm³/mol. The largest absolute Gasteiger partial charge is 0.382 e. The summed E-state index contributed by atoms with van der Waals surface area (Å²) in [6.45, 7) is 0.296.